The van der Waals surface area contributed by atoms with Gasteiger partial charge in [-0.2, -0.15) is 5.43 Å². The highest BCUT2D eigenvalue weighted by Gasteiger charge is 2.51. The van der Waals surface area contributed by atoms with E-state index in [1.54, 1.807) is 12.1 Å². The third-order valence-electron chi connectivity index (χ3n) is 4.71. The highest BCUT2D eigenvalue weighted by Crippen LogP contribution is 2.37. The number of hydrogen-bond acceptors (Lipinski definition) is 6. The molecule has 8 nitrogen and oxygen atoms in total. The van der Waals surface area contributed by atoms with Gasteiger partial charge in [-0.25, -0.2) is 14.6 Å². The molecule has 0 radical (unpaired) electrons. The van der Waals surface area contributed by atoms with Crippen molar-refractivity contribution in [3.8, 4) is 0 Å². The van der Waals surface area contributed by atoms with E-state index in [0.717, 1.165) is 10.5 Å². The molecule has 160 valence electrons. The van der Waals surface area contributed by atoms with Gasteiger partial charge in [0.05, 0.1) is 0 Å². The molecule has 0 bridgehead atoms. The van der Waals surface area contributed by atoms with E-state index in [2.05, 4.69) is 60.9 Å². The van der Waals surface area contributed by atoms with E-state index in [1.807, 2.05) is 0 Å². The number of hydrogen-bond donors (Lipinski definition) is 3. The minimum Gasteiger partial charge on any atom is -0.450 e. The molecule has 30 heavy (non-hydrogen) atoms. The molecule has 1 aromatic heterocycles. The molecule has 10 heteroatoms. The predicted octanol–water partition coefficient (Wildman–Crippen LogP) is 4.29. The van der Waals surface area contributed by atoms with Crippen molar-refractivity contribution in [3.63, 3.8) is 0 Å². The summed E-state index contributed by atoms with van der Waals surface area (Å²) in [6, 6.07) is 11.1. The average molecular weight is 451 g/mol. The first-order valence-electron chi connectivity index (χ1n) is 9.15. The van der Waals surface area contributed by atoms with Crippen LogP contribution in [0.25, 0.3) is 0 Å². The maximum absolute atomic E-state index is 12.0. The number of aromatic nitrogens is 1. The fourth-order valence-corrected chi connectivity index (χ4v) is 4.13. The Morgan fingerprint density at radius 3 is 2.47 bits per heavy atom. The van der Waals surface area contributed by atoms with Gasteiger partial charge in [0.2, 0.25) is 0 Å². The molecular weight excluding hydrogens is 428 g/mol. The highest BCUT2D eigenvalue weighted by atomic mass is 35.5. The molecule has 2 heterocycles. The van der Waals surface area contributed by atoms with Gasteiger partial charge in [0.1, 0.15) is 10.8 Å². The monoisotopic (exact) mass is 450 g/mol. The van der Waals surface area contributed by atoms with Gasteiger partial charge in [0.15, 0.2) is 0 Å². The maximum Gasteiger partial charge on any atom is 0.509 e. The number of carboxylic acid groups (broad SMARTS) is 1. The number of benzene rings is 1. The molecule has 3 rings (SSSR count). The number of carbonyl (C=O) groups excluding carboxylic acids is 1. The summed E-state index contributed by atoms with van der Waals surface area (Å²) in [7, 11) is 1.40. The van der Waals surface area contributed by atoms with Gasteiger partial charge in [0, 0.05) is 17.7 Å². The molecule has 0 saturated carbocycles. The van der Waals surface area contributed by atoms with Crippen LogP contribution < -0.4 is 10.9 Å². The van der Waals surface area contributed by atoms with Gasteiger partial charge in [-0.3, -0.25) is 10.3 Å². The summed E-state index contributed by atoms with van der Waals surface area (Å²) in [4.78, 5) is 29.4. The van der Waals surface area contributed by atoms with Crippen LogP contribution in [0, 0.1) is 0 Å². The Labute approximate surface area is 183 Å². The summed E-state index contributed by atoms with van der Waals surface area (Å²) in [6.45, 7) is 6.47. The van der Waals surface area contributed by atoms with Crippen molar-refractivity contribution in [2.75, 3.05) is 7.05 Å². The van der Waals surface area contributed by atoms with Gasteiger partial charge in [0.25, 0.3) is 0 Å². The molecule has 1 unspecified atom stereocenters. The number of nitrogens with zero attached hydrogens (tertiary/aromatic N) is 2. The molecular formula is C20H23ClN4O4S. The second-order valence-electron chi connectivity index (χ2n) is 7.84. The molecule has 1 aromatic carbocycles. The fraction of sp³-hybridized carbons (Fsp3) is 0.350. The number of thioether (sulfide) groups is 1. The Hall–Kier alpha value is -2.49. The summed E-state index contributed by atoms with van der Waals surface area (Å²) in [5.74, 6) is -1.23. The second kappa shape index (κ2) is 8.33. The minimum absolute atomic E-state index is 0.0672. The maximum atomic E-state index is 12.0. The summed E-state index contributed by atoms with van der Waals surface area (Å²) >= 11 is 7.52. The Morgan fingerprint density at radius 2 is 1.93 bits per heavy atom. The van der Waals surface area contributed by atoms with E-state index in [-0.39, 0.29) is 16.3 Å². The highest BCUT2D eigenvalue weighted by molar-refractivity contribution is 7.98. The number of carbonyl (C=O) groups is 2. The Balaban J connectivity index is 1.91. The Bertz CT molecular complexity index is 964. The fourth-order valence-electron chi connectivity index (χ4n) is 2.98. The molecule has 1 aliphatic heterocycles. The molecule has 1 aliphatic rings. The van der Waals surface area contributed by atoms with E-state index in [1.165, 1.54) is 24.4 Å². The quantitative estimate of drug-likeness (QED) is 0.354. The molecule has 2 amide bonds. The van der Waals surface area contributed by atoms with Gasteiger partial charge in [-0.1, -0.05) is 56.6 Å². The smallest absolute Gasteiger partial charge is 0.450 e. The Kier molecular flexibility index (Phi) is 6.16. The van der Waals surface area contributed by atoms with E-state index >= 15 is 0 Å². The predicted molar refractivity (Wildman–Crippen MR) is 114 cm³/mol. The van der Waals surface area contributed by atoms with Crippen molar-refractivity contribution in [3.05, 3.63) is 58.4 Å². The molecule has 2 aromatic rings. The lowest BCUT2D eigenvalue weighted by atomic mass is 9.87. The van der Waals surface area contributed by atoms with Crippen molar-refractivity contribution < 1.29 is 19.4 Å². The van der Waals surface area contributed by atoms with Crippen molar-refractivity contribution in [1.82, 2.24) is 20.7 Å². The lowest BCUT2D eigenvalue weighted by Crippen LogP contribution is -2.52. The van der Waals surface area contributed by atoms with Crippen LogP contribution in [0.2, 0.25) is 5.15 Å². The number of hydrazine groups is 1. The molecule has 0 aliphatic carbocycles. The lowest BCUT2D eigenvalue weighted by Gasteiger charge is -2.32. The minimum atomic E-state index is -1.84. The molecule has 1 saturated heterocycles. The van der Waals surface area contributed by atoms with Crippen LogP contribution in [0.3, 0.4) is 0 Å². The summed E-state index contributed by atoms with van der Waals surface area (Å²) in [5, 5.41) is 9.41. The van der Waals surface area contributed by atoms with Gasteiger partial charge in [-0.05, 0) is 28.7 Å². The van der Waals surface area contributed by atoms with Crippen molar-refractivity contribution >= 4 is 35.5 Å². The number of amides is 2. The third kappa shape index (κ3) is 4.48. The number of pyridine rings is 1. The normalized spacial score (nSPS) is 19.0. The Morgan fingerprint density at radius 1 is 1.27 bits per heavy atom. The number of halogens is 1. The second-order valence-corrected chi connectivity index (χ2v) is 9.25. The average Bonchev–Trinajstić information content (AvgIpc) is 2.95. The number of nitrogens with one attached hydrogen (secondary N) is 2. The van der Waals surface area contributed by atoms with Crippen LogP contribution in [0.15, 0.2) is 41.3 Å². The van der Waals surface area contributed by atoms with Gasteiger partial charge in [-0.15, -0.1) is 11.8 Å². The zero-order valence-electron chi connectivity index (χ0n) is 17.0. The van der Waals surface area contributed by atoms with Crippen molar-refractivity contribution in [1.29, 1.82) is 0 Å². The van der Waals surface area contributed by atoms with Crippen molar-refractivity contribution in [2.45, 2.75) is 42.7 Å². The van der Waals surface area contributed by atoms with Gasteiger partial charge < -0.3 is 9.84 Å². The van der Waals surface area contributed by atoms with Crippen LogP contribution in [-0.4, -0.2) is 34.2 Å². The third-order valence-corrected chi connectivity index (χ3v) is 6.04. The number of urea groups is 1. The zero-order valence-corrected chi connectivity index (χ0v) is 18.6. The van der Waals surface area contributed by atoms with E-state index in [0.29, 0.717) is 10.6 Å². The summed E-state index contributed by atoms with van der Waals surface area (Å²) in [5.41, 5.74) is 7.52. The SMILES string of the molecule is CN1C(=O)NNC1(OC(=O)O)c1nc(Cl)ccc1SCc1ccc(C(C)(C)C)cc1. The zero-order chi connectivity index (χ0) is 22.1. The van der Waals surface area contributed by atoms with Crippen LogP contribution >= 0.6 is 23.4 Å². The molecule has 3 N–H and O–H groups in total. The lowest BCUT2D eigenvalue weighted by molar-refractivity contribution is -0.112. The largest absolute Gasteiger partial charge is 0.509 e. The van der Waals surface area contributed by atoms with Crippen molar-refractivity contribution in [2.24, 2.45) is 0 Å². The van der Waals surface area contributed by atoms with E-state index in [9.17, 15) is 14.7 Å². The number of ether oxygens (including phenoxy) is 1. The molecule has 1 atom stereocenters. The molecule has 1 fully saturated rings. The van der Waals surface area contributed by atoms with Crippen LogP contribution in [-0.2, 0) is 21.8 Å². The number of rotatable bonds is 5. The van der Waals surface area contributed by atoms with E-state index < -0.39 is 18.0 Å². The van der Waals surface area contributed by atoms with Crippen LogP contribution in [0.4, 0.5) is 9.59 Å². The topological polar surface area (TPSA) is 104 Å². The van der Waals surface area contributed by atoms with Crippen LogP contribution in [0.5, 0.6) is 0 Å². The standard InChI is InChI=1S/C20H23ClN4O4S/c1-19(2,3)13-7-5-12(6-8-13)11-30-14-9-10-15(21)22-16(14)20(29-18(27)28)24-23-17(26)25(20)4/h5-10,24H,11H2,1-4H3,(H,23,26)(H,27,28). The van der Waals surface area contributed by atoms with Gasteiger partial charge >= 0.3 is 18.0 Å². The summed E-state index contributed by atoms with van der Waals surface area (Å²) < 4.78 is 5.08. The van der Waals surface area contributed by atoms with Crippen LogP contribution in [0.1, 0.15) is 37.6 Å². The first kappa shape index (κ1) is 22.2. The summed E-state index contributed by atoms with van der Waals surface area (Å²) in [6.07, 6.45) is -1.57. The first-order chi connectivity index (χ1) is 14.0. The van der Waals surface area contributed by atoms with E-state index in [4.69, 9.17) is 16.3 Å². The first-order valence-corrected chi connectivity index (χ1v) is 10.5. The molecule has 0 spiro atoms.